The summed E-state index contributed by atoms with van der Waals surface area (Å²) in [5.41, 5.74) is 9.60. The molecular weight excluding hydrogens is 518 g/mol. The molecule has 0 fully saturated rings. The first-order valence-electron chi connectivity index (χ1n) is 15.3. The van der Waals surface area contributed by atoms with Gasteiger partial charge in [0.05, 0.1) is 5.41 Å². The van der Waals surface area contributed by atoms with Crippen LogP contribution in [0.5, 0.6) is 0 Å². The van der Waals surface area contributed by atoms with Gasteiger partial charge < -0.3 is 4.90 Å². The van der Waals surface area contributed by atoms with Crippen LogP contribution in [0.1, 0.15) is 53.6 Å². The number of benzene rings is 5. The number of aryl methyl sites for hydroxylation is 1. The van der Waals surface area contributed by atoms with E-state index in [4.69, 9.17) is 0 Å². The summed E-state index contributed by atoms with van der Waals surface area (Å²) in [5, 5.41) is 0. The Labute approximate surface area is 258 Å². The molecule has 0 aromatic heterocycles. The Balaban J connectivity index is 1.88. The number of rotatable bonds is 11. The summed E-state index contributed by atoms with van der Waals surface area (Å²) in [5.74, 6) is 0. The summed E-state index contributed by atoms with van der Waals surface area (Å²) in [6.45, 7) is 6.56. The van der Waals surface area contributed by atoms with Crippen LogP contribution in [0.15, 0.2) is 170 Å². The molecule has 1 nitrogen and oxygen atoms in total. The maximum atomic E-state index is 2.36. The summed E-state index contributed by atoms with van der Waals surface area (Å²) in [6.07, 6.45) is 14.5. The molecular formula is C42H41N. The first-order valence-corrected chi connectivity index (χ1v) is 15.3. The van der Waals surface area contributed by atoms with Gasteiger partial charge in [0.25, 0.3) is 0 Å². The molecule has 5 aromatic carbocycles. The zero-order valence-electron chi connectivity index (χ0n) is 25.5. The number of allylic oxidation sites excluding steroid dienone is 5. The minimum absolute atomic E-state index is 0.508. The lowest BCUT2D eigenvalue weighted by atomic mass is 9.62. The van der Waals surface area contributed by atoms with Gasteiger partial charge in [0, 0.05) is 17.6 Å². The summed E-state index contributed by atoms with van der Waals surface area (Å²) in [6, 6.07) is 48.5. The predicted octanol–water partition coefficient (Wildman–Crippen LogP) is 11.1. The third kappa shape index (κ3) is 6.17. The van der Waals surface area contributed by atoms with Gasteiger partial charge in [0.2, 0.25) is 0 Å². The molecule has 0 radical (unpaired) electrons. The van der Waals surface area contributed by atoms with Crippen molar-refractivity contribution in [1.29, 1.82) is 0 Å². The molecule has 214 valence electrons. The SMILES string of the molecule is C\C=C/C=C\C=C\N(c1ccccc1)c1cccc(C(c2ccccc2)(c2ccccc2)c2ccccc2C)c1CCC. The molecule has 5 aromatic rings. The van der Waals surface area contributed by atoms with Crippen molar-refractivity contribution < 1.29 is 0 Å². The van der Waals surface area contributed by atoms with Crippen molar-refractivity contribution in [3.63, 3.8) is 0 Å². The van der Waals surface area contributed by atoms with Crippen LogP contribution in [-0.4, -0.2) is 0 Å². The molecule has 0 heterocycles. The van der Waals surface area contributed by atoms with Crippen molar-refractivity contribution in [1.82, 2.24) is 0 Å². The van der Waals surface area contributed by atoms with Crippen molar-refractivity contribution in [2.45, 2.75) is 39.0 Å². The van der Waals surface area contributed by atoms with E-state index in [1.807, 2.05) is 13.0 Å². The highest BCUT2D eigenvalue weighted by Gasteiger charge is 2.41. The van der Waals surface area contributed by atoms with E-state index >= 15 is 0 Å². The van der Waals surface area contributed by atoms with Crippen molar-refractivity contribution in [2.75, 3.05) is 4.90 Å². The van der Waals surface area contributed by atoms with Gasteiger partial charge in [-0.15, -0.1) is 0 Å². The molecule has 0 amide bonds. The Morgan fingerprint density at radius 3 is 1.74 bits per heavy atom. The average Bonchev–Trinajstić information content (AvgIpc) is 3.06. The van der Waals surface area contributed by atoms with Crippen LogP contribution < -0.4 is 4.90 Å². The first kappa shape index (κ1) is 29.6. The highest BCUT2D eigenvalue weighted by molar-refractivity contribution is 5.74. The molecule has 0 bridgehead atoms. The zero-order valence-corrected chi connectivity index (χ0v) is 25.5. The smallest absolute Gasteiger partial charge is 0.0707 e. The number of nitrogens with zero attached hydrogens (tertiary/aromatic N) is 1. The van der Waals surface area contributed by atoms with Crippen molar-refractivity contribution >= 4 is 11.4 Å². The summed E-state index contributed by atoms with van der Waals surface area (Å²) < 4.78 is 0. The predicted molar refractivity (Wildman–Crippen MR) is 185 cm³/mol. The Kier molecular flexibility index (Phi) is 9.87. The van der Waals surface area contributed by atoms with Gasteiger partial charge in [0.15, 0.2) is 0 Å². The van der Waals surface area contributed by atoms with Gasteiger partial charge >= 0.3 is 0 Å². The zero-order chi connectivity index (χ0) is 29.9. The highest BCUT2D eigenvalue weighted by atomic mass is 15.1. The third-order valence-corrected chi connectivity index (χ3v) is 8.07. The largest absolute Gasteiger partial charge is 0.317 e. The van der Waals surface area contributed by atoms with E-state index in [0.717, 1.165) is 18.5 Å². The quantitative estimate of drug-likeness (QED) is 0.115. The summed E-state index contributed by atoms with van der Waals surface area (Å²) in [7, 11) is 0. The van der Waals surface area contributed by atoms with Gasteiger partial charge in [0.1, 0.15) is 0 Å². The Morgan fingerprint density at radius 2 is 1.14 bits per heavy atom. The molecule has 0 aliphatic heterocycles. The van der Waals surface area contributed by atoms with Crippen LogP contribution in [-0.2, 0) is 11.8 Å². The van der Waals surface area contributed by atoms with Crippen LogP contribution >= 0.6 is 0 Å². The topological polar surface area (TPSA) is 3.24 Å². The summed E-state index contributed by atoms with van der Waals surface area (Å²) in [4.78, 5) is 2.34. The van der Waals surface area contributed by atoms with Gasteiger partial charge in [-0.2, -0.15) is 0 Å². The third-order valence-electron chi connectivity index (χ3n) is 8.07. The second-order valence-corrected chi connectivity index (χ2v) is 10.8. The van der Waals surface area contributed by atoms with Crippen LogP contribution in [0.2, 0.25) is 0 Å². The maximum Gasteiger partial charge on any atom is 0.0707 e. The molecule has 0 spiro atoms. The lowest BCUT2D eigenvalue weighted by Crippen LogP contribution is -2.33. The average molecular weight is 560 g/mol. The standard InChI is InChI=1S/C42H41N/c1-4-6-7-8-20-33-43(37-28-16-11-17-29-37)41-32-21-31-40(38(41)22-5-2)42(35-24-12-9-13-25-35,36-26-14-10-15-27-36)39-30-19-18-23-34(39)3/h4,6-21,23-33H,5,22H2,1-3H3/b6-4-,8-7-,33-20+. The van der Waals surface area contributed by atoms with Crippen LogP contribution in [0.25, 0.3) is 0 Å². The van der Waals surface area contributed by atoms with E-state index in [-0.39, 0.29) is 0 Å². The lowest BCUT2D eigenvalue weighted by Gasteiger charge is -2.40. The second-order valence-electron chi connectivity index (χ2n) is 10.8. The van der Waals surface area contributed by atoms with Crippen molar-refractivity contribution in [2.24, 2.45) is 0 Å². The van der Waals surface area contributed by atoms with E-state index in [1.54, 1.807) is 0 Å². The van der Waals surface area contributed by atoms with Crippen molar-refractivity contribution in [3.8, 4) is 0 Å². The fraction of sp³-hybridized carbons (Fsp3) is 0.143. The van der Waals surface area contributed by atoms with Crippen LogP contribution in [0.3, 0.4) is 0 Å². The van der Waals surface area contributed by atoms with E-state index in [0.29, 0.717) is 0 Å². The molecule has 5 rings (SSSR count). The van der Waals surface area contributed by atoms with Crippen LogP contribution in [0.4, 0.5) is 11.4 Å². The van der Waals surface area contributed by atoms with Gasteiger partial charge in [-0.1, -0.05) is 153 Å². The van der Waals surface area contributed by atoms with Crippen molar-refractivity contribution in [3.05, 3.63) is 203 Å². The normalized spacial score (nSPS) is 12.0. The van der Waals surface area contributed by atoms with Gasteiger partial charge in [-0.3, -0.25) is 0 Å². The van der Waals surface area contributed by atoms with Gasteiger partial charge in [-0.05, 0) is 77.9 Å². The number of hydrogen-bond donors (Lipinski definition) is 0. The lowest BCUT2D eigenvalue weighted by molar-refractivity contribution is 0.720. The van der Waals surface area contributed by atoms with E-state index < -0.39 is 5.41 Å². The van der Waals surface area contributed by atoms with E-state index in [9.17, 15) is 0 Å². The second kappa shape index (κ2) is 14.3. The Bertz CT molecular complexity index is 1640. The molecule has 0 saturated heterocycles. The molecule has 0 unspecified atom stereocenters. The minimum Gasteiger partial charge on any atom is -0.317 e. The van der Waals surface area contributed by atoms with Crippen LogP contribution in [0, 0.1) is 6.92 Å². The molecule has 43 heavy (non-hydrogen) atoms. The molecule has 0 saturated carbocycles. The summed E-state index contributed by atoms with van der Waals surface area (Å²) >= 11 is 0. The van der Waals surface area contributed by atoms with Gasteiger partial charge in [-0.25, -0.2) is 0 Å². The number of hydrogen-bond acceptors (Lipinski definition) is 1. The first-order chi connectivity index (χ1) is 21.2. The molecule has 1 heteroatoms. The monoisotopic (exact) mass is 559 g/mol. The molecule has 0 N–H and O–H groups in total. The fourth-order valence-electron chi connectivity index (χ4n) is 6.24. The number of para-hydroxylation sites is 1. The Morgan fingerprint density at radius 1 is 0.581 bits per heavy atom. The van der Waals surface area contributed by atoms with E-state index in [2.05, 4.69) is 183 Å². The highest BCUT2D eigenvalue weighted by Crippen LogP contribution is 2.49. The number of anilines is 2. The van der Waals surface area contributed by atoms with E-state index in [1.165, 1.54) is 39.1 Å². The molecule has 0 aliphatic rings. The molecule has 0 atom stereocenters. The molecule has 0 aliphatic carbocycles. The maximum absolute atomic E-state index is 2.36. The minimum atomic E-state index is -0.508. The Hall–Kier alpha value is -4.88. The fourth-order valence-corrected chi connectivity index (χ4v) is 6.24.